The van der Waals surface area contributed by atoms with E-state index in [1.165, 1.54) is 11.1 Å². The summed E-state index contributed by atoms with van der Waals surface area (Å²) in [6.45, 7) is 0. The summed E-state index contributed by atoms with van der Waals surface area (Å²) in [5.41, 5.74) is 2.72. The fourth-order valence-corrected chi connectivity index (χ4v) is 1.83. The Balaban J connectivity index is 2.27. The van der Waals surface area contributed by atoms with E-state index in [-0.39, 0.29) is 5.38 Å². The second-order valence-corrected chi connectivity index (χ2v) is 3.67. The van der Waals surface area contributed by atoms with Crippen molar-refractivity contribution >= 4 is 17.2 Å². The third-order valence-corrected chi connectivity index (χ3v) is 2.56. The summed E-state index contributed by atoms with van der Waals surface area (Å²) in [6.07, 6.45) is 4.38. The Labute approximate surface area is 77.9 Å². The minimum Gasteiger partial charge on any atom is -0.118 e. The van der Waals surface area contributed by atoms with E-state index < -0.39 is 0 Å². The molecule has 1 aromatic carbocycles. The van der Waals surface area contributed by atoms with Crippen LogP contribution in [0.1, 0.15) is 18.4 Å². The van der Waals surface area contributed by atoms with Gasteiger partial charge in [-0.25, -0.2) is 0 Å². The van der Waals surface area contributed by atoms with Gasteiger partial charge >= 0.3 is 0 Å². The lowest BCUT2D eigenvalue weighted by Crippen LogP contribution is -1.81. The Hall–Kier alpha value is -0.750. The Kier molecular flexibility index (Phi) is 2.18. The summed E-state index contributed by atoms with van der Waals surface area (Å²) in [5, 5.41) is 0.250. The van der Waals surface area contributed by atoms with Gasteiger partial charge in [-0.05, 0) is 24.0 Å². The fourth-order valence-electron chi connectivity index (χ4n) is 1.57. The van der Waals surface area contributed by atoms with Gasteiger partial charge in [-0.15, -0.1) is 11.6 Å². The smallest absolute Gasteiger partial charge is 0.0525 e. The lowest BCUT2D eigenvalue weighted by atomic mass is 10.1. The van der Waals surface area contributed by atoms with Gasteiger partial charge in [-0.1, -0.05) is 36.4 Å². The molecule has 1 aromatic rings. The molecule has 0 spiro atoms. The van der Waals surface area contributed by atoms with Gasteiger partial charge in [0.05, 0.1) is 5.38 Å². The van der Waals surface area contributed by atoms with E-state index in [9.17, 15) is 0 Å². The summed E-state index contributed by atoms with van der Waals surface area (Å²) in [7, 11) is 0. The van der Waals surface area contributed by atoms with Crippen LogP contribution in [0, 0.1) is 0 Å². The molecule has 1 unspecified atom stereocenters. The molecule has 0 aromatic heterocycles. The summed E-state index contributed by atoms with van der Waals surface area (Å²) in [6, 6.07) is 10.5. The van der Waals surface area contributed by atoms with Gasteiger partial charge in [0.15, 0.2) is 0 Å². The lowest BCUT2D eigenvalue weighted by molar-refractivity contribution is 0.942. The molecule has 0 heterocycles. The minimum absolute atomic E-state index is 0.250. The number of benzene rings is 1. The van der Waals surface area contributed by atoms with Gasteiger partial charge in [0.2, 0.25) is 0 Å². The van der Waals surface area contributed by atoms with Crippen molar-refractivity contribution in [3.05, 3.63) is 42.0 Å². The van der Waals surface area contributed by atoms with E-state index in [0.29, 0.717) is 0 Å². The molecule has 0 saturated heterocycles. The standard InChI is InChI=1S/C11H11Cl/c12-11-7-6-10(8-11)9-4-2-1-3-5-9/h1-5,8,11H,6-7H2. The Morgan fingerprint density at radius 2 is 1.92 bits per heavy atom. The normalized spacial score (nSPS) is 22.4. The first-order valence-electron chi connectivity index (χ1n) is 4.26. The molecule has 2 rings (SSSR count). The highest BCUT2D eigenvalue weighted by Gasteiger charge is 2.13. The predicted molar refractivity (Wildman–Crippen MR) is 53.3 cm³/mol. The second-order valence-electron chi connectivity index (χ2n) is 3.11. The fraction of sp³-hybridized carbons (Fsp3) is 0.273. The lowest BCUT2D eigenvalue weighted by Gasteiger charge is -1.99. The molecule has 0 saturated carbocycles. The molecule has 0 N–H and O–H groups in total. The molecule has 1 aliphatic rings. The maximum atomic E-state index is 5.98. The average molecular weight is 179 g/mol. The van der Waals surface area contributed by atoms with E-state index in [1.54, 1.807) is 0 Å². The van der Waals surface area contributed by atoms with Crippen molar-refractivity contribution < 1.29 is 0 Å². The molecule has 62 valence electrons. The maximum Gasteiger partial charge on any atom is 0.0525 e. The van der Waals surface area contributed by atoms with Crippen molar-refractivity contribution in [1.82, 2.24) is 0 Å². The van der Waals surface area contributed by atoms with Crippen molar-refractivity contribution in [2.45, 2.75) is 18.2 Å². The molecule has 0 bridgehead atoms. The van der Waals surface area contributed by atoms with Gasteiger partial charge in [0.25, 0.3) is 0 Å². The topological polar surface area (TPSA) is 0 Å². The quantitative estimate of drug-likeness (QED) is 0.578. The van der Waals surface area contributed by atoms with Gasteiger partial charge < -0.3 is 0 Å². The molecule has 0 nitrogen and oxygen atoms in total. The molecular weight excluding hydrogens is 168 g/mol. The molecule has 12 heavy (non-hydrogen) atoms. The number of rotatable bonds is 1. The van der Waals surface area contributed by atoms with Gasteiger partial charge in [0, 0.05) is 0 Å². The van der Waals surface area contributed by atoms with Crippen molar-refractivity contribution in [2.75, 3.05) is 0 Å². The first-order chi connectivity index (χ1) is 5.86. The summed E-state index contributed by atoms with van der Waals surface area (Å²) in [5.74, 6) is 0. The number of hydrogen-bond donors (Lipinski definition) is 0. The molecule has 0 aliphatic heterocycles. The van der Waals surface area contributed by atoms with Crippen LogP contribution in [0.15, 0.2) is 36.4 Å². The van der Waals surface area contributed by atoms with Crippen molar-refractivity contribution in [1.29, 1.82) is 0 Å². The van der Waals surface area contributed by atoms with Crippen LogP contribution in [0.2, 0.25) is 0 Å². The van der Waals surface area contributed by atoms with Crippen LogP contribution in [-0.2, 0) is 0 Å². The van der Waals surface area contributed by atoms with Crippen LogP contribution in [0.5, 0.6) is 0 Å². The summed E-state index contributed by atoms with van der Waals surface area (Å²) in [4.78, 5) is 0. The van der Waals surface area contributed by atoms with Crippen LogP contribution in [0.3, 0.4) is 0 Å². The Bertz CT molecular complexity index is 287. The van der Waals surface area contributed by atoms with E-state index in [4.69, 9.17) is 11.6 Å². The van der Waals surface area contributed by atoms with Crippen LogP contribution in [0.4, 0.5) is 0 Å². The number of alkyl halides is 1. The van der Waals surface area contributed by atoms with Crippen molar-refractivity contribution in [3.8, 4) is 0 Å². The molecule has 1 aliphatic carbocycles. The maximum absolute atomic E-state index is 5.98. The molecule has 0 radical (unpaired) electrons. The van der Waals surface area contributed by atoms with E-state index >= 15 is 0 Å². The Morgan fingerprint density at radius 1 is 1.17 bits per heavy atom. The average Bonchev–Trinajstić information content (AvgIpc) is 2.54. The van der Waals surface area contributed by atoms with Gasteiger partial charge in [0.1, 0.15) is 0 Å². The summed E-state index contributed by atoms with van der Waals surface area (Å²) >= 11 is 5.98. The monoisotopic (exact) mass is 178 g/mol. The van der Waals surface area contributed by atoms with Crippen LogP contribution in [-0.4, -0.2) is 5.38 Å². The first kappa shape index (κ1) is 7.88. The van der Waals surface area contributed by atoms with Crippen molar-refractivity contribution in [2.24, 2.45) is 0 Å². The third kappa shape index (κ3) is 1.54. The Morgan fingerprint density at radius 3 is 2.50 bits per heavy atom. The molecule has 0 fully saturated rings. The SMILES string of the molecule is ClC1C=C(c2ccccc2)CC1. The molecule has 1 heteroatoms. The van der Waals surface area contributed by atoms with E-state index in [1.807, 2.05) is 6.07 Å². The number of allylic oxidation sites excluding steroid dienone is 2. The highest BCUT2D eigenvalue weighted by molar-refractivity contribution is 6.22. The molecule has 1 atom stereocenters. The zero-order valence-corrected chi connectivity index (χ0v) is 7.59. The van der Waals surface area contributed by atoms with Gasteiger partial charge in [-0.2, -0.15) is 0 Å². The molecular formula is C11H11Cl. The highest BCUT2D eigenvalue weighted by atomic mass is 35.5. The summed E-state index contributed by atoms with van der Waals surface area (Å²) < 4.78 is 0. The highest BCUT2D eigenvalue weighted by Crippen LogP contribution is 2.30. The van der Waals surface area contributed by atoms with Crippen LogP contribution >= 0.6 is 11.6 Å². The first-order valence-corrected chi connectivity index (χ1v) is 4.70. The van der Waals surface area contributed by atoms with E-state index in [0.717, 1.165) is 12.8 Å². The largest absolute Gasteiger partial charge is 0.118 e. The third-order valence-electron chi connectivity index (χ3n) is 2.22. The number of hydrogen-bond acceptors (Lipinski definition) is 0. The zero-order valence-electron chi connectivity index (χ0n) is 6.83. The van der Waals surface area contributed by atoms with Crippen molar-refractivity contribution in [3.63, 3.8) is 0 Å². The van der Waals surface area contributed by atoms with E-state index in [2.05, 4.69) is 30.3 Å². The minimum atomic E-state index is 0.250. The van der Waals surface area contributed by atoms with Crippen LogP contribution < -0.4 is 0 Å². The number of halogens is 1. The molecule has 0 amide bonds. The second kappa shape index (κ2) is 3.32. The van der Waals surface area contributed by atoms with Gasteiger partial charge in [-0.3, -0.25) is 0 Å². The van der Waals surface area contributed by atoms with Crippen LogP contribution in [0.25, 0.3) is 5.57 Å². The predicted octanol–water partition coefficient (Wildman–Crippen LogP) is 3.47. The zero-order chi connectivity index (χ0) is 8.39.